The van der Waals surface area contributed by atoms with Gasteiger partial charge in [0.2, 0.25) is 5.91 Å². The first-order valence-corrected chi connectivity index (χ1v) is 3.51. The molecule has 1 rings (SSSR count). The third-order valence-corrected chi connectivity index (χ3v) is 1.47. The minimum absolute atomic E-state index is 0.346. The standard InChI is InChI=1S/C8H7N3O2/c1-13-7-4-2-6(3-5-7)8(12)10-11-9/h2-5H,1H3. The van der Waals surface area contributed by atoms with Gasteiger partial charge >= 0.3 is 0 Å². The van der Waals surface area contributed by atoms with Gasteiger partial charge in [-0.1, -0.05) is 0 Å². The molecule has 0 aliphatic heterocycles. The number of carbonyl (C=O) groups excluding carboxylic acids is 1. The Hall–Kier alpha value is -2.00. The van der Waals surface area contributed by atoms with Crippen LogP contribution in [0.4, 0.5) is 0 Å². The number of rotatable bonds is 2. The number of ether oxygens (including phenoxy) is 1. The number of hydrogen-bond acceptors (Lipinski definition) is 2. The Labute approximate surface area is 74.6 Å². The zero-order valence-corrected chi connectivity index (χ0v) is 6.97. The zero-order chi connectivity index (χ0) is 9.68. The van der Waals surface area contributed by atoms with E-state index in [4.69, 9.17) is 10.3 Å². The van der Waals surface area contributed by atoms with Crippen LogP contribution < -0.4 is 4.74 Å². The second-order valence-corrected chi connectivity index (χ2v) is 2.22. The maximum Gasteiger partial charge on any atom is 0.249 e. The van der Waals surface area contributed by atoms with Crippen molar-refractivity contribution in [1.82, 2.24) is 0 Å². The van der Waals surface area contributed by atoms with Gasteiger partial charge in [-0.05, 0) is 34.9 Å². The molecule has 0 saturated carbocycles. The highest BCUT2D eigenvalue weighted by atomic mass is 16.5. The van der Waals surface area contributed by atoms with E-state index < -0.39 is 5.91 Å². The predicted molar refractivity (Wildman–Crippen MR) is 46.5 cm³/mol. The predicted octanol–water partition coefficient (Wildman–Crippen LogP) is 2.15. The fraction of sp³-hybridized carbons (Fsp3) is 0.125. The van der Waals surface area contributed by atoms with E-state index >= 15 is 0 Å². The molecule has 0 bridgehead atoms. The zero-order valence-electron chi connectivity index (χ0n) is 6.97. The van der Waals surface area contributed by atoms with Crippen molar-refractivity contribution in [3.05, 3.63) is 40.3 Å². The summed E-state index contributed by atoms with van der Waals surface area (Å²) in [7, 11) is 1.53. The number of amides is 1. The van der Waals surface area contributed by atoms with Crippen molar-refractivity contribution >= 4 is 5.91 Å². The van der Waals surface area contributed by atoms with Crippen LogP contribution in [0.3, 0.4) is 0 Å². The minimum Gasteiger partial charge on any atom is -0.497 e. The molecule has 0 N–H and O–H groups in total. The fourth-order valence-electron chi connectivity index (χ4n) is 0.832. The van der Waals surface area contributed by atoms with Crippen molar-refractivity contribution in [3.8, 4) is 5.75 Å². The molecular formula is C8H7N3O2. The molecule has 0 heterocycles. The first kappa shape index (κ1) is 9.09. The largest absolute Gasteiger partial charge is 0.497 e. The van der Waals surface area contributed by atoms with Gasteiger partial charge in [0.1, 0.15) is 5.75 Å². The minimum atomic E-state index is -0.592. The molecule has 1 aromatic rings. The topological polar surface area (TPSA) is 75.1 Å². The van der Waals surface area contributed by atoms with Crippen molar-refractivity contribution in [3.63, 3.8) is 0 Å². The van der Waals surface area contributed by atoms with Crippen molar-refractivity contribution in [2.75, 3.05) is 7.11 Å². The Bertz CT molecular complexity index is 352. The van der Waals surface area contributed by atoms with Crippen LogP contribution in [0, 0.1) is 0 Å². The van der Waals surface area contributed by atoms with E-state index in [0.29, 0.717) is 11.3 Å². The van der Waals surface area contributed by atoms with Gasteiger partial charge in [0.15, 0.2) is 0 Å². The summed E-state index contributed by atoms with van der Waals surface area (Å²) in [5, 5.41) is 2.95. The maximum absolute atomic E-state index is 11.0. The van der Waals surface area contributed by atoms with Crippen LogP contribution in [0.2, 0.25) is 0 Å². The molecule has 66 valence electrons. The summed E-state index contributed by atoms with van der Waals surface area (Å²) >= 11 is 0. The van der Waals surface area contributed by atoms with Gasteiger partial charge in [-0.3, -0.25) is 4.79 Å². The average Bonchev–Trinajstić information content (AvgIpc) is 2.18. The lowest BCUT2D eigenvalue weighted by Crippen LogP contribution is -1.92. The van der Waals surface area contributed by atoms with Crippen LogP contribution in [0.25, 0.3) is 10.4 Å². The van der Waals surface area contributed by atoms with E-state index in [1.54, 1.807) is 12.1 Å². The molecule has 0 unspecified atom stereocenters. The molecule has 5 heteroatoms. The second-order valence-electron chi connectivity index (χ2n) is 2.22. The van der Waals surface area contributed by atoms with E-state index in [1.165, 1.54) is 19.2 Å². The summed E-state index contributed by atoms with van der Waals surface area (Å²) in [4.78, 5) is 13.4. The Balaban J connectivity index is 2.92. The highest BCUT2D eigenvalue weighted by Gasteiger charge is 2.01. The highest BCUT2D eigenvalue weighted by Crippen LogP contribution is 2.11. The van der Waals surface area contributed by atoms with Crippen LogP contribution in [0.15, 0.2) is 29.4 Å². The summed E-state index contributed by atoms with van der Waals surface area (Å²) in [6.07, 6.45) is 0. The normalized spacial score (nSPS) is 8.69. The van der Waals surface area contributed by atoms with Crippen LogP contribution in [-0.4, -0.2) is 13.0 Å². The van der Waals surface area contributed by atoms with Crippen molar-refractivity contribution < 1.29 is 9.53 Å². The molecule has 0 saturated heterocycles. The van der Waals surface area contributed by atoms with Crippen LogP contribution in [0.5, 0.6) is 5.75 Å². The van der Waals surface area contributed by atoms with E-state index in [9.17, 15) is 4.79 Å². The number of benzene rings is 1. The van der Waals surface area contributed by atoms with Crippen molar-refractivity contribution in [2.24, 2.45) is 5.11 Å². The molecule has 0 aliphatic carbocycles. The lowest BCUT2D eigenvalue weighted by atomic mass is 10.2. The monoisotopic (exact) mass is 177 g/mol. The molecule has 0 atom stereocenters. The number of nitrogens with zero attached hydrogens (tertiary/aromatic N) is 3. The van der Waals surface area contributed by atoms with Gasteiger partial charge in [0, 0.05) is 10.5 Å². The molecule has 13 heavy (non-hydrogen) atoms. The molecule has 0 radical (unpaired) electrons. The van der Waals surface area contributed by atoms with Crippen molar-refractivity contribution in [2.45, 2.75) is 0 Å². The van der Waals surface area contributed by atoms with Gasteiger partial charge in [-0.15, -0.1) is 0 Å². The number of azide groups is 1. The number of carbonyl (C=O) groups is 1. The molecule has 0 aromatic heterocycles. The summed E-state index contributed by atoms with van der Waals surface area (Å²) in [5.74, 6) is 0.0580. The first-order chi connectivity index (χ1) is 6.27. The molecule has 0 aliphatic rings. The third kappa shape index (κ3) is 2.21. The molecule has 1 aromatic carbocycles. The smallest absolute Gasteiger partial charge is 0.249 e. The lowest BCUT2D eigenvalue weighted by molar-refractivity contribution is 0.100. The Morgan fingerprint density at radius 3 is 2.54 bits per heavy atom. The molecular weight excluding hydrogens is 170 g/mol. The SMILES string of the molecule is COc1ccc(C(=O)N=[N+]=[N-])cc1. The Kier molecular flexibility index (Phi) is 2.89. The van der Waals surface area contributed by atoms with Crippen LogP contribution in [0.1, 0.15) is 10.4 Å². The van der Waals surface area contributed by atoms with Crippen LogP contribution >= 0.6 is 0 Å². The Morgan fingerprint density at radius 1 is 1.46 bits per heavy atom. The van der Waals surface area contributed by atoms with Gasteiger partial charge in [-0.2, -0.15) is 0 Å². The van der Waals surface area contributed by atoms with Crippen molar-refractivity contribution in [1.29, 1.82) is 0 Å². The highest BCUT2D eigenvalue weighted by molar-refractivity contribution is 5.94. The van der Waals surface area contributed by atoms with Gasteiger partial charge in [0.05, 0.1) is 7.11 Å². The number of hydrogen-bond donors (Lipinski definition) is 0. The molecule has 5 nitrogen and oxygen atoms in total. The lowest BCUT2D eigenvalue weighted by Gasteiger charge is -1.98. The van der Waals surface area contributed by atoms with E-state index in [-0.39, 0.29) is 0 Å². The second kappa shape index (κ2) is 4.13. The summed E-state index contributed by atoms with van der Waals surface area (Å²) < 4.78 is 4.89. The average molecular weight is 177 g/mol. The maximum atomic E-state index is 11.0. The van der Waals surface area contributed by atoms with E-state index in [2.05, 4.69) is 10.0 Å². The van der Waals surface area contributed by atoms with E-state index in [1.807, 2.05) is 0 Å². The first-order valence-electron chi connectivity index (χ1n) is 3.51. The van der Waals surface area contributed by atoms with E-state index in [0.717, 1.165) is 0 Å². The molecule has 0 fully saturated rings. The number of methoxy groups -OCH3 is 1. The van der Waals surface area contributed by atoms with Gasteiger partial charge in [0.25, 0.3) is 0 Å². The molecule has 1 amide bonds. The fourth-order valence-corrected chi connectivity index (χ4v) is 0.832. The summed E-state index contributed by atoms with van der Waals surface area (Å²) in [5.41, 5.74) is 8.36. The van der Waals surface area contributed by atoms with Crippen LogP contribution in [-0.2, 0) is 0 Å². The quantitative estimate of drug-likeness (QED) is 0.394. The molecule has 0 spiro atoms. The summed E-state index contributed by atoms with van der Waals surface area (Å²) in [6.45, 7) is 0. The summed E-state index contributed by atoms with van der Waals surface area (Å²) in [6, 6.07) is 6.33. The third-order valence-electron chi connectivity index (χ3n) is 1.47. The van der Waals surface area contributed by atoms with Gasteiger partial charge < -0.3 is 4.74 Å². The van der Waals surface area contributed by atoms with Gasteiger partial charge in [-0.25, -0.2) is 0 Å². The Morgan fingerprint density at radius 2 is 2.08 bits per heavy atom.